The van der Waals surface area contributed by atoms with Crippen LogP contribution in [0.15, 0.2) is 18.2 Å². The molecular formula is C21H30N2O7. The first-order valence-electron chi connectivity index (χ1n) is 9.95. The number of nitrogens with one attached hydrogen (secondary N) is 2. The molecule has 0 aromatic heterocycles. The molecule has 0 saturated heterocycles. The van der Waals surface area contributed by atoms with Crippen molar-refractivity contribution in [1.82, 2.24) is 10.6 Å². The van der Waals surface area contributed by atoms with Gasteiger partial charge in [0, 0.05) is 19.0 Å². The minimum Gasteiger partial charge on any atom is -0.493 e. The Labute approximate surface area is 176 Å². The fourth-order valence-corrected chi connectivity index (χ4v) is 2.67. The number of aliphatic hydroxyl groups excluding tert-OH is 1. The van der Waals surface area contributed by atoms with E-state index in [-0.39, 0.29) is 25.5 Å². The SMILES string of the molecule is C[C@@H](NC(=O)OC(C)(C)C)C(=O)NCC(O)CCOc1ccc2c(c1)OC(=O)CC2. The summed E-state index contributed by atoms with van der Waals surface area (Å²) in [6.07, 6.45) is -0.205. The minimum absolute atomic E-state index is 0.0182. The summed E-state index contributed by atoms with van der Waals surface area (Å²) in [5, 5.41) is 15.1. The van der Waals surface area contributed by atoms with E-state index in [1.165, 1.54) is 6.92 Å². The van der Waals surface area contributed by atoms with Gasteiger partial charge in [0.1, 0.15) is 23.1 Å². The quantitative estimate of drug-likeness (QED) is 0.430. The first kappa shape index (κ1) is 23.5. The normalized spacial score (nSPS) is 15.3. The van der Waals surface area contributed by atoms with E-state index in [2.05, 4.69) is 10.6 Å². The second-order valence-corrected chi connectivity index (χ2v) is 8.15. The number of aryl methyl sites for hydroxylation is 1. The van der Waals surface area contributed by atoms with Crippen LogP contribution in [0.1, 0.15) is 46.1 Å². The van der Waals surface area contributed by atoms with E-state index in [0.29, 0.717) is 24.3 Å². The van der Waals surface area contributed by atoms with Gasteiger partial charge in [0.25, 0.3) is 0 Å². The summed E-state index contributed by atoms with van der Waals surface area (Å²) in [6.45, 7) is 6.95. The number of hydrogen-bond donors (Lipinski definition) is 3. The molecule has 2 rings (SSSR count). The Morgan fingerprint density at radius 2 is 2.00 bits per heavy atom. The Hall–Kier alpha value is -2.81. The molecule has 3 N–H and O–H groups in total. The van der Waals surface area contributed by atoms with Crippen LogP contribution < -0.4 is 20.1 Å². The highest BCUT2D eigenvalue weighted by molar-refractivity contribution is 5.85. The molecule has 1 aromatic rings. The van der Waals surface area contributed by atoms with E-state index >= 15 is 0 Å². The average molecular weight is 422 g/mol. The first-order chi connectivity index (χ1) is 14.0. The summed E-state index contributed by atoms with van der Waals surface area (Å²) in [7, 11) is 0. The molecule has 0 fully saturated rings. The van der Waals surface area contributed by atoms with Gasteiger partial charge in [0.05, 0.1) is 19.1 Å². The predicted molar refractivity (Wildman–Crippen MR) is 108 cm³/mol. The topological polar surface area (TPSA) is 123 Å². The number of ether oxygens (including phenoxy) is 3. The van der Waals surface area contributed by atoms with Crippen LogP contribution in [0.2, 0.25) is 0 Å². The monoisotopic (exact) mass is 422 g/mol. The molecule has 9 nitrogen and oxygen atoms in total. The van der Waals surface area contributed by atoms with Gasteiger partial charge in [-0.3, -0.25) is 9.59 Å². The highest BCUT2D eigenvalue weighted by Gasteiger charge is 2.21. The molecule has 30 heavy (non-hydrogen) atoms. The Bertz CT molecular complexity index is 773. The Balaban J connectivity index is 1.68. The summed E-state index contributed by atoms with van der Waals surface area (Å²) in [5.41, 5.74) is 0.301. The Morgan fingerprint density at radius 3 is 2.70 bits per heavy atom. The van der Waals surface area contributed by atoms with Crippen molar-refractivity contribution in [3.05, 3.63) is 23.8 Å². The van der Waals surface area contributed by atoms with Crippen LogP contribution in [0, 0.1) is 0 Å². The van der Waals surface area contributed by atoms with Gasteiger partial charge in [-0.05, 0) is 45.7 Å². The molecule has 1 aliphatic rings. The zero-order valence-electron chi connectivity index (χ0n) is 17.8. The summed E-state index contributed by atoms with van der Waals surface area (Å²) < 4.78 is 15.9. The first-order valence-corrected chi connectivity index (χ1v) is 9.95. The van der Waals surface area contributed by atoms with Crippen molar-refractivity contribution in [3.63, 3.8) is 0 Å². The fourth-order valence-electron chi connectivity index (χ4n) is 2.67. The van der Waals surface area contributed by atoms with Crippen molar-refractivity contribution in [2.45, 2.75) is 64.7 Å². The number of carbonyl (C=O) groups is 3. The van der Waals surface area contributed by atoms with E-state index < -0.39 is 29.7 Å². The third-order valence-corrected chi connectivity index (χ3v) is 4.22. The number of aliphatic hydroxyl groups is 1. The van der Waals surface area contributed by atoms with Gasteiger partial charge < -0.3 is 30.0 Å². The van der Waals surface area contributed by atoms with Gasteiger partial charge in [-0.15, -0.1) is 0 Å². The van der Waals surface area contributed by atoms with Crippen LogP contribution in [0.5, 0.6) is 11.5 Å². The highest BCUT2D eigenvalue weighted by atomic mass is 16.6. The van der Waals surface area contributed by atoms with Crippen molar-refractivity contribution < 1.29 is 33.7 Å². The maximum atomic E-state index is 12.0. The van der Waals surface area contributed by atoms with E-state index in [4.69, 9.17) is 14.2 Å². The zero-order chi connectivity index (χ0) is 22.3. The van der Waals surface area contributed by atoms with E-state index in [0.717, 1.165) is 5.56 Å². The Morgan fingerprint density at radius 1 is 1.27 bits per heavy atom. The van der Waals surface area contributed by atoms with Crippen molar-refractivity contribution in [2.24, 2.45) is 0 Å². The molecule has 0 radical (unpaired) electrons. The number of hydrogen-bond acceptors (Lipinski definition) is 7. The lowest BCUT2D eigenvalue weighted by molar-refractivity contribution is -0.135. The smallest absolute Gasteiger partial charge is 0.408 e. The van der Waals surface area contributed by atoms with Crippen molar-refractivity contribution >= 4 is 18.0 Å². The molecule has 1 heterocycles. The van der Waals surface area contributed by atoms with Gasteiger partial charge in [0.15, 0.2) is 0 Å². The largest absolute Gasteiger partial charge is 0.493 e. The molecule has 2 atom stereocenters. The number of alkyl carbamates (subject to hydrolysis) is 1. The molecule has 0 bridgehead atoms. The minimum atomic E-state index is -0.821. The van der Waals surface area contributed by atoms with Crippen LogP contribution in [-0.2, 0) is 20.7 Å². The maximum Gasteiger partial charge on any atom is 0.408 e. The lowest BCUT2D eigenvalue weighted by Gasteiger charge is -2.22. The number of carbonyl (C=O) groups excluding carboxylic acids is 3. The number of amides is 2. The third kappa shape index (κ3) is 7.90. The summed E-state index contributed by atoms with van der Waals surface area (Å²) >= 11 is 0. The average Bonchev–Trinajstić information content (AvgIpc) is 2.64. The van der Waals surface area contributed by atoms with Crippen molar-refractivity contribution in [3.8, 4) is 11.5 Å². The van der Waals surface area contributed by atoms with Crippen molar-refractivity contribution in [2.75, 3.05) is 13.2 Å². The lowest BCUT2D eigenvalue weighted by atomic mass is 10.1. The summed E-state index contributed by atoms with van der Waals surface area (Å²) in [6, 6.07) is 4.49. The molecule has 1 unspecified atom stereocenters. The molecule has 166 valence electrons. The van der Waals surface area contributed by atoms with E-state index in [1.807, 2.05) is 6.07 Å². The second kappa shape index (κ2) is 10.3. The number of fused-ring (bicyclic) bond motifs is 1. The van der Waals surface area contributed by atoms with Gasteiger partial charge in [0.2, 0.25) is 5.91 Å². The molecule has 2 amide bonds. The van der Waals surface area contributed by atoms with Crippen LogP contribution >= 0.6 is 0 Å². The van der Waals surface area contributed by atoms with Gasteiger partial charge in [-0.2, -0.15) is 0 Å². The standard InChI is InChI=1S/C21H30N2O7/c1-13(23-20(27)30-21(2,3)4)19(26)22-12-15(24)9-10-28-16-7-5-14-6-8-18(25)29-17(14)11-16/h5,7,11,13,15,24H,6,8-10,12H2,1-4H3,(H,22,26)(H,23,27)/t13-,15?/m1/s1. The van der Waals surface area contributed by atoms with Gasteiger partial charge in [-0.1, -0.05) is 6.07 Å². The molecule has 0 spiro atoms. The fraction of sp³-hybridized carbons (Fsp3) is 0.571. The number of benzene rings is 1. The van der Waals surface area contributed by atoms with Gasteiger partial charge >= 0.3 is 12.1 Å². The van der Waals surface area contributed by atoms with E-state index in [9.17, 15) is 19.5 Å². The maximum absolute atomic E-state index is 12.0. The second-order valence-electron chi connectivity index (χ2n) is 8.15. The van der Waals surface area contributed by atoms with Crippen molar-refractivity contribution in [1.29, 1.82) is 0 Å². The number of rotatable bonds is 8. The Kier molecular flexibility index (Phi) is 8.05. The van der Waals surface area contributed by atoms with Crippen LogP contribution in [0.3, 0.4) is 0 Å². The van der Waals surface area contributed by atoms with Gasteiger partial charge in [-0.25, -0.2) is 4.79 Å². The molecule has 0 saturated carbocycles. The highest BCUT2D eigenvalue weighted by Crippen LogP contribution is 2.29. The number of esters is 1. The predicted octanol–water partition coefficient (Wildman–Crippen LogP) is 1.70. The van der Waals surface area contributed by atoms with Crippen LogP contribution in [0.25, 0.3) is 0 Å². The van der Waals surface area contributed by atoms with Crippen LogP contribution in [0.4, 0.5) is 4.79 Å². The molecule has 0 aliphatic carbocycles. The molecule has 9 heteroatoms. The summed E-state index contributed by atoms with van der Waals surface area (Å²) in [5.74, 6) is 0.344. The molecule has 1 aliphatic heterocycles. The molecule has 1 aromatic carbocycles. The van der Waals surface area contributed by atoms with E-state index in [1.54, 1.807) is 32.9 Å². The molecular weight excluding hydrogens is 392 g/mol. The van der Waals surface area contributed by atoms with Crippen LogP contribution in [-0.4, -0.2) is 54.0 Å². The summed E-state index contributed by atoms with van der Waals surface area (Å²) in [4.78, 5) is 35.1. The third-order valence-electron chi connectivity index (χ3n) is 4.22. The zero-order valence-corrected chi connectivity index (χ0v) is 17.8. The lowest BCUT2D eigenvalue weighted by Crippen LogP contribution is -2.48.